The summed E-state index contributed by atoms with van der Waals surface area (Å²) >= 11 is 0. The van der Waals surface area contributed by atoms with Crippen LogP contribution < -0.4 is 10.2 Å². The van der Waals surface area contributed by atoms with Crippen molar-refractivity contribution in [1.29, 1.82) is 0 Å². The molecule has 0 saturated heterocycles. The summed E-state index contributed by atoms with van der Waals surface area (Å²) in [6, 6.07) is 2.21. The van der Waals surface area contributed by atoms with E-state index in [0.717, 1.165) is 38.3 Å². The van der Waals surface area contributed by atoms with Gasteiger partial charge in [-0.2, -0.15) is 0 Å². The Bertz CT molecular complexity index is 412. The molecule has 1 aromatic rings. The molecule has 0 saturated carbocycles. The predicted molar refractivity (Wildman–Crippen MR) is 76.9 cm³/mol. The fourth-order valence-electron chi connectivity index (χ4n) is 2.26. The highest BCUT2D eigenvalue weighted by molar-refractivity contribution is 5.54. The summed E-state index contributed by atoms with van der Waals surface area (Å²) in [6.07, 6.45) is 8.85. The summed E-state index contributed by atoms with van der Waals surface area (Å²) in [4.78, 5) is 6.87. The molecule has 0 fully saturated rings. The average Bonchev–Trinajstić information content (AvgIpc) is 2.41. The van der Waals surface area contributed by atoms with Crippen molar-refractivity contribution in [3.8, 4) is 0 Å². The van der Waals surface area contributed by atoms with Crippen LogP contribution in [0.15, 0.2) is 24.4 Å². The quantitative estimate of drug-likeness (QED) is 0.638. The molecule has 0 atom stereocenters. The van der Waals surface area contributed by atoms with Crippen molar-refractivity contribution in [2.45, 2.75) is 33.2 Å². The number of nitrogens with one attached hydrogen (secondary N) is 1. The van der Waals surface area contributed by atoms with Crippen molar-refractivity contribution in [2.75, 3.05) is 24.5 Å². The van der Waals surface area contributed by atoms with Crippen LogP contribution in [0.1, 0.15) is 31.0 Å². The molecule has 2 rings (SSSR count). The van der Waals surface area contributed by atoms with Gasteiger partial charge in [-0.3, -0.25) is 4.98 Å². The first-order valence-corrected chi connectivity index (χ1v) is 6.87. The number of hydrogen-bond donors (Lipinski definition) is 1. The van der Waals surface area contributed by atoms with Gasteiger partial charge in [0.1, 0.15) is 0 Å². The molecule has 2 heterocycles. The van der Waals surface area contributed by atoms with Crippen LogP contribution in [0.2, 0.25) is 0 Å². The second-order valence-corrected chi connectivity index (χ2v) is 4.84. The molecular weight excluding hydrogens is 222 g/mol. The van der Waals surface area contributed by atoms with Crippen molar-refractivity contribution in [3.63, 3.8) is 0 Å². The minimum atomic E-state index is 0.913. The van der Waals surface area contributed by atoms with E-state index in [4.69, 9.17) is 0 Å². The maximum atomic E-state index is 4.43. The van der Waals surface area contributed by atoms with Crippen molar-refractivity contribution in [2.24, 2.45) is 0 Å². The van der Waals surface area contributed by atoms with Crippen molar-refractivity contribution >= 4 is 5.69 Å². The maximum absolute atomic E-state index is 4.43. The van der Waals surface area contributed by atoms with E-state index in [-0.39, 0.29) is 0 Å². The topological polar surface area (TPSA) is 28.2 Å². The number of pyridine rings is 1. The number of rotatable bonds is 5. The van der Waals surface area contributed by atoms with Crippen molar-refractivity contribution in [3.05, 3.63) is 35.7 Å². The number of aryl methyl sites for hydroxylation is 1. The first kappa shape index (κ1) is 13.1. The molecule has 0 bridgehead atoms. The fourth-order valence-corrected chi connectivity index (χ4v) is 2.26. The molecule has 0 radical (unpaired) electrons. The highest BCUT2D eigenvalue weighted by Crippen LogP contribution is 2.22. The molecule has 0 amide bonds. The lowest BCUT2D eigenvalue weighted by Crippen LogP contribution is -2.29. The van der Waals surface area contributed by atoms with Gasteiger partial charge in [-0.15, -0.1) is 0 Å². The van der Waals surface area contributed by atoms with Gasteiger partial charge in [0.25, 0.3) is 0 Å². The van der Waals surface area contributed by atoms with Crippen LogP contribution in [0.25, 0.3) is 0 Å². The zero-order valence-corrected chi connectivity index (χ0v) is 11.4. The molecule has 3 heteroatoms. The third kappa shape index (κ3) is 3.33. The van der Waals surface area contributed by atoms with Crippen LogP contribution in [-0.4, -0.2) is 24.6 Å². The summed E-state index contributed by atoms with van der Waals surface area (Å²) in [5, 5.41) is 3.47. The predicted octanol–water partition coefficient (Wildman–Crippen LogP) is 2.66. The fraction of sp³-hybridized carbons (Fsp3) is 0.533. The zero-order chi connectivity index (χ0) is 12.8. The van der Waals surface area contributed by atoms with E-state index in [9.17, 15) is 0 Å². The Morgan fingerprint density at radius 2 is 2.28 bits per heavy atom. The molecule has 18 heavy (non-hydrogen) atoms. The molecule has 0 aromatic carbocycles. The van der Waals surface area contributed by atoms with Gasteiger partial charge in [-0.1, -0.05) is 19.1 Å². The second-order valence-electron chi connectivity index (χ2n) is 4.84. The second kappa shape index (κ2) is 6.55. The molecule has 98 valence electrons. The van der Waals surface area contributed by atoms with Gasteiger partial charge in [-0.25, -0.2) is 0 Å². The molecule has 1 N–H and O–H groups in total. The number of nitrogens with zero attached hydrogens (tertiary/aromatic N) is 2. The molecule has 1 aliphatic heterocycles. The van der Waals surface area contributed by atoms with Crippen LogP contribution in [0.3, 0.4) is 0 Å². The Morgan fingerprint density at radius 1 is 1.39 bits per heavy atom. The SMILES string of the molecule is CCCNCc1cnc(C)cc1N1CC=CCC1. The van der Waals surface area contributed by atoms with Gasteiger partial charge in [0.2, 0.25) is 0 Å². The highest BCUT2D eigenvalue weighted by atomic mass is 15.1. The van der Waals surface area contributed by atoms with E-state index in [2.05, 4.69) is 47.3 Å². The summed E-state index contributed by atoms with van der Waals surface area (Å²) in [6.45, 7) is 8.36. The summed E-state index contributed by atoms with van der Waals surface area (Å²) in [7, 11) is 0. The van der Waals surface area contributed by atoms with Crippen molar-refractivity contribution < 1.29 is 0 Å². The Hall–Kier alpha value is -1.35. The summed E-state index contributed by atoms with van der Waals surface area (Å²) in [5.41, 5.74) is 3.75. The van der Waals surface area contributed by atoms with Crippen LogP contribution >= 0.6 is 0 Å². The normalized spacial score (nSPS) is 15.1. The Kier molecular flexibility index (Phi) is 4.76. The number of hydrogen-bond acceptors (Lipinski definition) is 3. The summed E-state index contributed by atoms with van der Waals surface area (Å²) in [5.74, 6) is 0. The van der Waals surface area contributed by atoms with E-state index in [1.807, 2.05) is 6.20 Å². The van der Waals surface area contributed by atoms with E-state index in [1.54, 1.807) is 0 Å². The Labute approximate surface area is 110 Å². The smallest absolute Gasteiger partial charge is 0.0448 e. The first-order chi connectivity index (χ1) is 8.81. The monoisotopic (exact) mass is 245 g/mol. The van der Waals surface area contributed by atoms with Crippen LogP contribution in [0.4, 0.5) is 5.69 Å². The number of aromatic nitrogens is 1. The van der Waals surface area contributed by atoms with Gasteiger partial charge in [0.15, 0.2) is 0 Å². The molecule has 1 aliphatic rings. The highest BCUT2D eigenvalue weighted by Gasteiger charge is 2.12. The first-order valence-electron chi connectivity index (χ1n) is 6.87. The lowest BCUT2D eigenvalue weighted by atomic mass is 10.1. The third-order valence-electron chi connectivity index (χ3n) is 3.24. The average molecular weight is 245 g/mol. The van der Waals surface area contributed by atoms with Crippen LogP contribution in [-0.2, 0) is 6.54 Å². The lowest BCUT2D eigenvalue weighted by molar-refractivity contribution is 0.670. The van der Waals surface area contributed by atoms with E-state index in [1.165, 1.54) is 17.7 Å². The van der Waals surface area contributed by atoms with E-state index >= 15 is 0 Å². The zero-order valence-electron chi connectivity index (χ0n) is 11.4. The molecular formula is C15H23N3. The van der Waals surface area contributed by atoms with Gasteiger partial charge in [-0.05, 0) is 32.4 Å². The molecule has 1 aromatic heterocycles. The van der Waals surface area contributed by atoms with E-state index in [0.29, 0.717) is 0 Å². The van der Waals surface area contributed by atoms with Gasteiger partial charge in [0.05, 0.1) is 0 Å². The summed E-state index contributed by atoms with van der Waals surface area (Å²) < 4.78 is 0. The Morgan fingerprint density at radius 3 is 3.00 bits per heavy atom. The lowest BCUT2D eigenvalue weighted by Gasteiger charge is -2.28. The molecule has 3 nitrogen and oxygen atoms in total. The van der Waals surface area contributed by atoms with Gasteiger partial charge in [0, 0.05) is 42.8 Å². The largest absolute Gasteiger partial charge is 0.367 e. The molecule has 0 unspecified atom stereocenters. The third-order valence-corrected chi connectivity index (χ3v) is 3.24. The molecule has 0 aliphatic carbocycles. The van der Waals surface area contributed by atoms with Gasteiger partial charge < -0.3 is 10.2 Å². The minimum absolute atomic E-state index is 0.913. The minimum Gasteiger partial charge on any atom is -0.367 e. The maximum Gasteiger partial charge on any atom is 0.0448 e. The Balaban J connectivity index is 2.14. The van der Waals surface area contributed by atoms with Gasteiger partial charge >= 0.3 is 0 Å². The molecule has 0 spiro atoms. The standard InChI is InChI=1S/C15H23N3/c1-3-7-16-11-14-12-17-13(2)10-15(14)18-8-5-4-6-9-18/h4-5,10,12,16H,3,6-9,11H2,1-2H3. The van der Waals surface area contributed by atoms with Crippen molar-refractivity contribution in [1.82, 2.24) is 10.3 Å². The van der Waals surface area contributed by atoms with Crippen LogP contribution in [0.5, 0.6) is 0 Å². The van der Waals surface area contributed by atoms with E-state index < -0.39 is 0 Å². The van der Waals surface area contributed by atoms with Crippen LogP contribution in [0, 0.1) is 6.92 Å². The number of anilines is 1.